The average molecular weight is 506 g/mol. The molecule has 4 aromatic rings. The Morgan fingerprint density at radius 2 is 1.74 bits per heavy atom. The number of carbonyl (C=O) groups excluding carboxylic acids is 1. The lowest BCUT2D eigenvalue weighted by Crippen LogP contribution is -2.14. The third-order valence-electron chi connectivity index (χ3n) is 4.62. The van der Waals surface area contributed by atoms with Gasteiger partial charge in [0, 0.05) is 15.4 Å². The number of amides is 1. The standard InChI is InChI=1S/C23H13BrClF3N2O/c24-15-5-3-4-13(10-15)20-12-17(16-6-1-2-7-19(16)29-20)22(31)30-21-11-14(23(26,27)28)8-9-18(21)25/h1-12H,(H,30,31). The van der Waals surface area contributed by atoms with Crippen molar-refractivity contribution in [3.8, 4) is 11.3 Å². The number of rotatable bonds is 3. The lowest BCUT2D eigenvalue weighted by molar-refractivity contribution is -0.137. The molecule has 0 unspecified atom stereocenters. The van der Waals surface area contributed by atoms with Crippen molar-refractivity contribution in [3.63, 3.8) is 0 Å². The Morgan fingerprint density at radius 3 is 2.48 bits per heavy atom. The highest BCUT2D eigenvalue weighted by Crippen LogP contribution is 2.34. The fourth-order valence-corrected chi connectivity index (χ4v) is 3.71. The number of para-hydroxylation sites is 1. The minimum Gasteiger partial charge on any atom is -0.321 e. The van der Waals surface area contributed by atoms with Crippen LogP contribution in [0.5, 0.6) is 0 Å². The summed E-state index contributed by atoms with van der Waals surface area (Å²) in [5, 5.41) is 3.09. The van der Waals surface area contributed by atoms with Crippen LogP contribution in [0.4, 0.5) is 18.9 Å². The fraction of sp³-hybridized carbons (Fsp3) is 0.0435. The van der Waals surface area contributed by atoms with Gasteiger partial charge in [-0.3, -0.25) is 4.79 Å². The molecule has 0 atom stereocenters. The highest BCUT2D eigenvalue weighted by Gasteiger charge is 2.31. The summed E-state index contributed by atoms with van der Waals surface area (Å²) in [6, 6.07) is 18.9. The number of fused-ring (bicyclic) bond motifs is 1. The van der Waals surface area contributed by atoms with Gasteiger partial charge >= 0.3 is 6.18 Å². The molecule has 156 valence electrons. The SMILES string of the molecule is O=C(Nc1cc(C(F)(F)F)ccc1Cl)c1cc(-c2cccc(Br)c2)nc2ccccc12. The molecule has 3 nitrogen and oxygen atoms in total. The van der Waals surface area contributed by atoms with Crippen molar-refractivity contribution in [3.05, 3.63) is 93.4 Å². The van der Waals surface area contributed by atoms with E-state index in [4.69, 9.17) is 11.6 Å². The van der Waals surface area contributed by atoms with E-state index in [1.54, 1.807) is 30.3 Å². The first-order valence-electron chi connectivity index (χ1n) is 9.06. The summed E-state index contributed by atoms with van der Waals surface area (Å²) in [7, 11) is 0. The molecule has 4 rings (SSSR count). The van der Waals surface area contributed by atoms with Crippen LogP contribution in [0, 0.1) is 0 Å². The molecule has 3 aromatic carbocycles. The number of benzene rings is 3. The molecule has 0 radical (unpaired) electrons. The maximum Gasteiger partial charge on any atom is 0.416 e. The molecule has 1 N–H and O–H groups in total. The minimum absolute atomic E-state index is 0.00641. The van der Waals surface area contributed by atoms with Gasteiger partial charge < -0.3 is 5.32 Å². The molecule has 0 aliphatic heterocycles. The first-order chi connectivity index (χ1) is 14.7. The largest absolute Gasteiger partial charge is 0.416 e. The van der Waals surface area contributed by atoms with Gasteiger partial charge in [-0.25, -0.2) is 4.98 Å². The minimum atomic E-state index is -4.55. The Bertz CT molecular complexity index is 1310. The maximum atomic E-state index is 13.1. The summed E-state index contributed by atoms with van der Waals surface area (Å²) in [5.41, 5.74) is 1.17. The van der Waals surface area contributed by atoms with Crippen molar-refractivity contribution in [2.45, 2.75) is 6.18 Å². The van der Waals surface area contributed by atoms with Crippen molar-refractivity contribution in [2.24, 2.45) is 0 Å². The topological polar surface area (TPSA) is 42.0 Å². The first-order valence-corrected chi connectivity index (χ1v) is 10.2. The lowest BCUT2D eigenvalue weighted by atomic mass is 10.0. The highest BCUT2D eigenvalue weighted by atomic mass is 79.9. The van der Waals surface area contributed by atoms with Crippen molar-refractivity contribution >= 4 is 50.0 Å². The van der Waals surface area contributed by atoms with Crippen molar-refractivity contribution < 1.29 is 18.0 Å². The van der Waals surface area contributed by atoms with Crippen LogP contribution in [0.15, 0.2) is 77.3 Å². The van der Waals surface area contributed by atoms with Gasteiger partial charge in [-0.1, -0.05) is 57.9 Å². The Hall–Kier alpha value is -2.90. The summed E-state index contributed by atoms with van der Waals surface area (Å²) in [5.74, 6) is -0.587. The van der Waals surface area contributed by atoms with Crippen molar-refractivity contribution in [1.29, 1.82) is 0 Å². The first kappa shape index (κ1) is 21.3. The quantitative estimate of drug-likeness (QED) is 0.312. The molecule has 8 heteroatoms. The summed E-state index contributed by atoms with van der Waals surface area (Å²) in [6.07, 6.45) is -4.55. The molecule has 0 saturated carbocycles. The second-order valence-electron chi connectivity index (χ2n) is 6.73. The molecule has 31 heavy (non-hydrogen) atoms. The Labute approximate surface area is 189 Å². The van der Waals surface area contributed by atoms with Crippen LogP contribution < -0.4 is 5.32 Å². The number of aromatic nitrogens is 1. The van der Waals surface area contributed by atoms with Gasteiger partial charge in [0.2, 0.25) is 0 Å². The predicted molar refractivity (Wildman–Crippen MR) is 119 cm³/mol. The van der Waals surface area contributed by atoms with Crippen LogP contribution >= 0.6 is 27.5 Å². The number of anilines is 1. The summed E-state index contributed by atoms with van der Waals surface area (Å²) in [4.78, 5) is 17.7. The molecule has 0 aliphatic rings. The summed E-state index contributed by atoms with van der Waals surface area (Å²) >= 11 is 9.46. The van der Waals surface area contributed by atoms with Gasteiger partial charge in [-0.2, -0.15) is 13.2 Å². The molecule has 1 aromatic heterocycles. The van der Waals surface area contributed by atoms with E-state index < -0.39 is 17.6 Å². The van der Waals surface area contributed by atoms with E-state index in [2.05, 4.69) is 26.2 Å². The Balaban J connectivity index is 1.80. The van der Waals surface area contributed by atoms with Crippen LogP contribution in [0.2, 0.25) is 5.02 Å². The molecular formula is C23H13BrClF3N2O. The molecule has 1 heterocycles. The predicted octanol–water partition coefficient (Wildman–Crippen LogP) is 7.59. The number of halogens is 5. The average Bonchev–Trinajstić information content (AvgIpc) is 2.73. The number of pyridine rings is 1. The summed E-state index contributed by atoms with van der Waals surface area (Å²) < 4.78 is 40.1. The zero-order valence-corrected chi connectivity index (χ0v) is 18.0. The van der Waals surface area contributed by atoms with Crippen LogP contribution in [0.1, 0.15) is 15.9 Å². The normalized spacial score (nSPS) is 11.5. The number of nitrogens with zero attached hydrogens (tertiary/aromatic N) is 1. The molecule has 0 aliphatic carbocycles. The van der Waals surface area contributed by atoms with E-state index in [9.17, 15) is 18.0 Å². The van der Waals surface area contributed by atoms with Gasteiger partial charge in [-0.15, -0.1) is 0 Å². The van der Waals surface area contributed by atoms with Gasteiger partial charge in [0.05, 0.1) is 33.0 Å². The monoisotopic (exact) mass is 504 g/mol. The van der Waals surface area contributed by atoms with E-state index in [1.165, 1.54) is 0 Å². The molecular weight excluding hydrogens is 493 g/mol. The Morgan fingerprint density at radius 1 is 0.968 bits per heavy atom. The number of nitrogens with one attached hydrogen (secondary N) is 1. The fourth-order valence-electron chi connectivity index (χ4n) is 3.15. The second kappa shape index (κ2) is 8.32. The lowest BCUT2D eigenvalue weighted by Gasteiger charge is -2.13. The van der Waals surface area contributed by atoms with Gasteiger partial charge in [0.15, 0.2) is 0 Å². The van der Waals surface area contributed by atoms with Gasteiger partial charge in [0.25, 0.3) is 5.91 Å². The zero-order chi connectivity index (χ0) is 22.2. The van der Waals surface area contributed by atoms with Gasteiger partial charge in [-0.05, 0) is 42.5 Å². The second-order valence-corrected chi connectivity index (χ2v) is 8.05. The van der Waals surface area contributed by atoms with Crippen LogP contribution in [0.3, 0.4) is 0 Å². The molecule has 0 fully saturated rings. The van der Waals surface area contributed by atoms with Gasteiger partial charge in [0.1, 0.15) is 0 Å². The third kappa shape index (κ3) is 4.57. The molecule has 1 amide bonds. The van der Waals surface area contributed by atoms with E-state index in [0.717, 1.165) is 28.2 Å². The molecule has 0 spiro atoms. The number of hydrogen-bond acceptors (Lipinski definition) is 2. The summed E-state index contributed by atoms with van der Waals surface area (Å²) in [6.45, 7) is 0. The Kier molecular flexibility index (Phi) is 5.73. The van der Waals surface area contributed by atoms with E-state index in [-0.39, 0.29) is 16.3 Å². The van der Waals surface area contributed by atoms with Crippen LogP contribution in [-0.4, -0.2) is 10.9 Å². The molecule has 0 bridgehead atoms. The molecule has 0 saturated heterocycles. The van der Waals surface area contributed by atoms with Crippen molar-refractivity contribution in [2.75, 3.05) is 5.32 Å². The number of hydrogen-bond donors (Lipinski definition) is 1. The third-order valence-corrected chi connectivity index (χ3v) is 5.45. The highest BCUT2D eigenvalue weighted by molar-refractivity contribution is 9.10. The van der Waals surface area contributed by atoms with E-state index in [0.29, 0.717) is 16.6 Å². The smallest absolute Gasteiger partial charge is 0.321 e. The van der Waals surface area contributed by atoms with Crippen molar-refractivity contribution in [1.82, 2.24) is 4.98 Å². The zero-order valence-electron chi connectivity index (χ0n) is 15.7. The maximum absolute atomic E-state index is 13.1. The van der Waals surface area contributed by atoms with Crippen LogP contribution in [0.25, 0.3) is 22.2 Å². The van der Waals surface area contributed by atoms with E-state index in [1.807, 2.05) is 24.3 Å². The number of carbonyl (C=O) groups is 1. The van der Waals surface area contributed by atoms with Crippen LogP contribution in [-0.2, 0) is 6.18 Å². The van der Waals surface area contributed by atoms with E-state index >= 15 is 0 Å². The number of alkyl halides is 3.